The van der Waals surface area contributed by atoms with E-state index in [1.807, 2.05) is 12.1 Å². The zero-order valence-corrected chi connectivity index (χ0v) is 16.0. The van der Waals surface area contributed by atoms with Gasteiger partial charge < -0.3 is 20.1 Å². The summed E-state index contributed by atoms with van der Waals surface area (Å²) in [5.41, 5.74) is 0.0691. The number of alkyl carbamates (subject to hydrolysis) is 1. The molecule has 1 aliphatic carbocycles. The van der Waals surface area contributed by atoms with Crippen LogP contribution in [0.2, 0.25) is 0 Å². The topological polar surface area (TPSA) is 76.7 Å². The summed E-state index contributed by atoms with van der Waals surface area (Å²) in [4.78, 5) is 23.4. The number of benzene rings is 1. The molecule has 0 bridgehead atoms. The van der Waals surface area contributed by atoms with Crippen molar-refractivity contribution in [3.63, 3.8) is 0 Å². The van der Waals surface area contributed by atoms with E-state index in [9.17, 15) is 9.59 Å². The third kappa shape index (κ3) is 7.76. The second kappa shape index (κ2) is 9.46. The summed E-state index contributed by atoms with van der Waals surface area (Å²) in [6.07, 6.45) is 5.83. The van der Waals surface area contributed by atoms with Gasteiger partial charge in [-0.05, 0) is 63.8 Å². The van der Waals surface area contributed by atoms with Gasteiger partial charge in [-0.3, -0.25) is 4.79 Å². The Balaban J connectivity index is 1.70. The molecule has 1 aromatic rings. The van der Waals surface area contributed by atoms with Crippen LogP contribution in [0, 0.1) is 5.92 Å². The number of ether oxygens (including phenoxy) is 2. The molecule has 0 unspecified atom stereocenters. The number of carbonyl (C=O) groups excluding carboxylic acids is 2. The maximum absolute atomic E-state index is 11.9. The van der Waals surface area contributed by atoms with Crippen molar-refractivity contribution in [2.45, 2.75) is 58.5 Å². The minimum atomic E-state index is -0.612. The molecular formula is C20H30N2O4. The van der Waals surface area contributed by atoms with E-state index in [0.717, 1.165) is 12.4 Å². The predicted molar refractivity (Wildman–Crippen MR) is 101 cm³/mol. The molecule has 1 fully saturated rings. The number of carbonyl (C=O) groups is 2. The third-order valence-corrected chi connectivity index (χ3v) is 4.14. The van der Waals surface area contributed by atoms with Gasteiger partial charge in [0.2, 0.25) is 5.91 Å². The Morgan fingerprint density at radius 1 is 1.08 bits per heavy atom. The average Bonchev–Trinajstić information content (AvgIpc) is 2.59. The Labute approximate surface area is 155 Å². The first kappa shape index (κ1) is 20.1. The Morgan fingerprint density at radius 3 is 2.35 bits per heavy atom. The van der Waals surface area contributed by atoms with Gasteiger partial charge in [-0.15, -0.1) is 0 Å². The molecule has 6 heteroatoms. The largest absolute Gasteiger partial charge is 0.493 e. The third-order valence-electron chi connectivity index (χ3n) is 4.14. The Kier molecular flexibility index (Phi) is 7.30. The van der Waals surface area contributed by atoms with Crippen LogP contribution in [-0.2, 0) is 9.53 Å². The average molecular weight is 362 g/mol. The summed E-state index contributed by atoms with van der Waals surface area (Å²) in [5.74, 6) is 1.15. The first-order valence-corrected chi connectivity index (χ1v) is 9.31. The monoisotopic (exact) mass is 362 g/mol. The molecule has 1 saturated carbocycles. The smallest absolute Gasteiger partial charge is 0.408 e. The second-order valence-corrected chi connectivity index (χ2v) is 7.74. The van der Waals surface area contributed by atoms with E-state index >= 15 is 0 Å². The first-order chi connectivity index (χ1) is 12.3. The number of rotatable bonds is 6. The quantitative estimate of drug-likeness (QED) is 0.798. The molecule has 0 atom stereocenters. The zero-order chi connectivity index (χ0) is 19.0. The molecular weight excluding hydrogens is 332 g/mol. The first-order valence-electron chi connectivity index (χ1n) is 9.31. The summed E-state index contributed by atoms with van der Waals surface area (Å²) in [6.45, 7) is 5.92. The summed E-state index contributed by atoms with van der Waals surface area (Å²) in [7, 11) is 0. The molecule has 0 heterocycles. The summed E-state index contributed by atoms with van der Waals surface area (Å²) in [6, 6.07) is 7.28. The molecule has 2 N–H and O–H groups in total. The van der Waals surface area contributed by atoms with Gasteiger partial charge in [0.25, 0.3) is 0 Å². The Morgan fingerprint density at radius 2 is 1.73 bits per heavy atom. The van der Waals surface area contributed by atoms with Gasteiger partial charge in [0.05, 0.1) is 6.61 Å². The fourth-order valence-electron chi connectivity index (χ4n) is 2.87. The van der Waals surface area contributed by atoms with Crippen LogP contribution in [-0.4, -0.2) is 30.8 Å². The predicted octanol–water partition coefficient (Wildman–Crippen LogP) is 4.11. The molecule has 26 heavy (non-hydrogen) atoms. The molecule has 0 radical (unpaired) electrons. The number of nitrogens with one attached hydrogen (secondary N) is 2. The van der Waals surface area contributed by atoms with Crippen LogP contribution in [0.1, 0.15) is 52.9 Å². The normalized spacial score (nSPS) is 15.2. The van der Waals surface area contributed by atoms with Gasteiger partial charge in [0.15, 0.2) is 0 Å². The van der Waals surface area contributed by atoms with Crippen molar-refractivity contribution in [3.05, 3.63) is 24.3 Å². The molecule has 1 aromatic carbocycles. The zero-order valence-electron chi connectivity index (χ0n) is 16.0. The standard InChI is InChI=1S/C20H30N2O4/c1-20(2,3)26-19(24)21-13-18(23)22-16-9-11-17(12-10-16)25-14-15-7-5-4-6-8-15/h9-12,15H,4-8,13-14H2,1-3H3,(H,21,24)(H,22,23). The fourth-order valence-corrected chi connectivity index (χ4v) is 2.87. The van der Waals surface area contributed by atoms with Crippen LogP contribution in [0.15, 0.2) is 24.3 Å². The highest BCUT2D eigenvalue weighted by Gasteiger charge is 2.17. The van der Waals surface area contributed by atoms with Crippen LogP contribution in [0.3, 0.4) is 0 Å². The summed E-state index contributed by atoms with van der Waals surface area (Å²) < 4.78 is 10.9. The summed E-state index contributed by atoms with van der Waals surface area (Å²) in [5, 5.41) is 5.16. The van der Waals surface area contributed by atoms with Crippen molar-refractivity contribution in [1.29, 1.82) is 0 Å². The van der Waals surface area contributed by atoms with E-state index < -0.39 is 11.7 Å². The lowest BCUT2D eigenvalue weighted by Gasteiger charge is -2.21. The molecule has 1 aliphatic rings. The number of anilines is 1. The summed E-state index contributed by atoms with van der Waals surface area (Å²) >= 11 is 0. The highest BCUT2D eigenvalue weighted by Crippen LogP contribution is 2.25. The van der Waals surface area contributed by atoms with Gasteiger partial charge in [0.1, 0.15) is 17.9 Å². The van der Waals surface area contributed by atoms with Gasteiger partial charge in [-0.2, -0.15) is 0 Å². The van der Waals surface area contributed by atoms with E-state index in [1.54, 1.807) is 32.9 Å². The van der Waals surface area contributed by atoms with Crippen molar-refractivity contribution in [2.75, 3.05) is 18.5 Å². The lowest BCUT2D eigenvalue weighted by atomic mass is 9.90. The van der Waals surface area contributed by atoms with Gasteiger partial charge in [0, 0.05) is 5.69 Å². The SMILES string of the molecule is CC(C)(C)OC(=O)NCC(=O)Nc1ccc(OCC2CCCCC2)cc1. The fraction of sp³-hybridized carbons (Fsp3) is 0.600. The highest BCUT2D eigenvalue weighted by molar-refractivity contribution is 5.93. The Bertz CT molecular complexity index is 587. The van der Waals surface area contributed by atoms with Crippen LogP contribution in [0.25, 0.3) is 0 Å². The van der Waals surface area contributed by atoms with Crippen LogP contribution in [0.4, 0.5) is 10.5 Å². The molecule has 0 spiro atoms. The number of hydrogen-bond donors (Lipinski definition) is 2. The molecule has 2 rings (SSSR count). The van der Waals surface area contributed by atoms with E-state index in [2.05, 4.69) is 10.6 Å². The van der Waals surface area contributed by atoms with Gasteiger partial charge in [-0.1, -0.05) is 19.3 Å². The van der Waals surface area contributed by atoms with Crippen LogP contribution >= 0.6 is 0 Å². The van der Waals surface area contributed by atoms with Gasteiger partial charge in [-0.25, -0.2) is 4.79 Å². The van der Waals surface area contributed by atoms with Crippen LogP contribution in [0.5, 0.6) is 5.75 Å². The Hall–Kier alpha value is -2.24. The molecule has 0 aliphatic heterocycles. The maximum Gasteiger partial charge on any atom is 0.408 e. The highest BCUT2D eigenvalue weighted by atomic mass is 16.6. The van der Waals surface area contributed by atoms with Crippen LogP contribution < -0.4 is 15.4 Å². The number of amides is 2. The van der Waals surface area contributed by atoms with Crippen molar-refractivity contribution >= 4 is 17.7 Å². The van der Waals surface area contributed by atoms with Crippen molar-refractivity contribution in [1.82, 2.24) is 5.32 Å². The number of hydrogen-bond acceptors (Lipinski definition) is 4. The van der Waals surface area contributed by atoms with Crippen molar-refractivity contribution < 1.29 is 19.1 Å². The van der Waals surface area contributed by atoms with Crippen molar-refractivity contribution in [3.8, 4) is 5.75 Å². The maximum atomic E-state index is 11.9. The lowest BCUT2D eigenvalue weighted by molar-refractivity contribution is -0.115. The minimum Gasteiger partial charge on any atom is -0.493 e. The van der Waals surface area contributed by atoms with E-state index in [0.29, 0.717) is 11.6 Å². The second-order valence-electron chi connectivity index (χ2n) is 7.74. The van der Waals surface area contributed by atoms with E-state index in [1.165, 1.54) is 32.1 Å². The molecule has 144 valence electrons. The van der Waals surface area contributed by atoms with E-state index in [-0.39, 0.29) is 12.5 Å². The van der Waals surface area contributed by atoms with E-state index in [4.69, 9.17) is 9.47 Å². The minimum absolute atomic E-state index is 0.144. The molecule has 2 amide bonds. The molecule has 0 aromatic heterocycles. The molecule has 6 nitrogen and oxygen atoms in total. The van der Waals surface area contributed by atoms with Gasteiger partial charge >= 0.3 is 6.09 Å². The molecule has 0 saturated heterocycles. The lowest BCUT2D eigenvalue weighted by Crippen LogP contribution is -2.37. The van der Waals surface area contributed by atoms with Crippen molar-refractivity contribution in [2.24, 2.45) is 5.92 Å².